The van der Waals surface area contributed by atoms with E-state index < -0.39 is 11.1 Å². The first-order valence-corrected chi connectivity index (χ1v) is 5.29. The van der Waals surface area contributed by atoms with Crippen LogP contribution in [0.4, 0.5) is 0 Å². The molecule has 0 unspecified atom stereocenters. The quantitative estimate of drug-likeness (QED) is 0.455. The Morgan fingerprint density at radius 3 is 2.56 bits per heavy atom. The molecule has 0 fully saturated rings. The molecule has 1 heterocycles. The minimum Gasteiger partial charge on any atom is -0.316 e. The highest BCUT2D eigenvalue weighted by Gasteiger charge is 2.07. The lowest BCUT2D eigenvalue weighted by atomic mass is 10.0. The third kappa shape index (κ3) is 1.33. The summed E-state index contributed by atoms with van der Waals surface area (Å²) in [6.45, 7) is 0. The number of nitriles is 1. The molecule has 5 heteroatoms. The number of benzene rings is 2. The monoisotopic (exact) mass is 237 g/mol. The Kier molecular flexibility index (Phi) is 2.04. The lowest BCUT2D eigenvalue weighted by Gasteiger charge is -2.04. The zero-order valence-electron chi connectivity index (χ0n) is 9.15. The second-order valence-electron chi connectivity index (χ2n) is 3.91. The van der Waals surface area contributed by atoms with Crippen molar-refractivity contribution in [1.29, 1.82) is 5.26 Å². The molecule has 0 saturated heterocycles. The standard InChI is InChI=1S/C13H7N3O2/c14-6-8-3-1-2-7-4-5-9-11(10(7)8)16-13(18)12(17)15-9/h1-5H,(H,15,17)(H,16,18). The van der Waals surface area contributed by atoms with Crippen LogP contribution in [0.25, 0.3) is 21.8 Å². The van der Waals surface area contributed by atoms with Crippen molar-refractivity contribution >= 4 is 21.8 Å². The Labute approximate surface area is 100 Å². The minimum absolute atomic E-state index is 0.459. The highest BCUT2D eigenvalue weighted by molar-refractivity contribution is 6.06. The van der Waals surface area contributed by atoms with Gasteiger partial charge in [-0.1, -0.05) is 18.2 Å². The Hall–Kier alpha value is -2.87. The van der Waals surface area contributed by atoms with Gasteiger partial charge in [-0.05, 0) is 17.5 Å². The lowest BCUT2D eigenvalue weighted by Crippen LogP contribution is -2.28. The van der Waals surface area contributed by atoms with Crippen LogP contribution in [0.1, 0.15) is 5.56 Å². The molecule has 3 rings (SSSR count). The van der Waals surface area contributed by atoms with Crippen LogP contribution in [0.3, 0.4) is 0 Å². The van der Waals surface area contributed by atoms with Gasteiger partial charge in [0, 0.05) is 5.39 Å². The third-order valence-corrected chi connectivity index (χ3v) is 2.86. The largest absolute Gasteiger partial charge is 0.316 e. The van der Waals surface area contributed by atoms with Gasteiger partial charge in [-0.3, -0.25) is 9.59 Å². The molecule has 0 radical (unpaired) electrons. The molecule has 0 aliphatic carbocycles. The zero-order valence-corrected chi connectivity index (χ0v) is 9.15. The Morgan fingerprint density at radius 2 is 1.78 bits per heavy atom. The number of aromatic nitrogens is 2. The van der Waals surface area contributed by atoms with Crippen LogP contribution in [0.2, 0.25) is 0 Å². The van der Waals surface area contributed by atoms with E-state index in [9.17, 15) is 9.59 Å². The van der Waals surface area contributed by atoms with Crippen molar-refractivity contribution in [3.05, 3.63) is 56.6 Å². The number of fused-ring (bicyclic) bond motifs is 3. The van der Waals surface area contributed by atoms with Gasteiger partial charge in [0.1, 0.15) is 0 Å². The first-order chi connectivity index (χ1) is 8.70. The van der Waals surface area contributed by atoms with Crippen LogP contribution >= 0.6 is 0 Å². The van der Waals surface area contributed by atoms with E-state index in [0.717, 1.165) is 5.39 Å². The number of rotatable bonds is 0. The highest BCUT2D eigenvalue weighted by atomic mass is 16.2. The SMILES string of the molecule is N#Cc1cccc2ccc3[nH]c(=O)c(=O)[nH]c3c12. The molecule has 3 aromatic rings. The number of hydrogen-bond donors (Lipinski definition) is 2. The van der Waals surface area contributed by atoms with E-state index in [4.69, 9.17) is 5.26 Å². The number of hydrogen-bond acceptors (Lipinski definition) is 3. The molecule has 0 amide bonds. The maximum atomic E-state index is 11.4. The van der Waals surface area contributed by atoms with Gasteiger partial charge in [-0.2, -0.15) is 5.26 Å². The lowest BCUT2D eigenvalue weighted by molar-refractivity contribution is 1.15. The number of nitrogens with one attached hydrogen (secondary N) is 2. The zero-order chi connectivity index (χ0) is 12.7. The van der Waals surface area contributed by atoms with Crippen molar-refractivity contribution in [3.63, 3.8) is 0 Å². The molecule has 0 bridgehead atoms. The average molecular weight is 237 g/mol. The van der Waals surface area contributed by atoms with E-state index in [1.807, 2.05) is 6.07 Å². The number of aromatic amines is 2. The Bertz CT molecular complexity index is 929. The molecule has 0 saturated carbocycles. The molecule has 0 aliphatic heterocycles. The van der Waals surface area contributed by atoms with Crippen molar-refractivity contribution in [3.8, 4) is 6.07 Å². The van der Waals surface area contributed by atoms with Crippen molar-refractivity contribution < 1.29 is 0 Å². The molecule has 2 N–H and O–H groups in total. The van der Waals surface area contributed by atoms with Crippen LogP contribution in [0.15, 0.2) is 39.9 Å². The molecule has 86 valence electrons. The average Bonchev–Trinajstić information content (AvgIpc) is 2.39. The predicted molar refractivity (Wildman–Crippen MR) is 67.4 cm³/mol. The van der Waals surface area contributed by atoms with Crippen molar-refractivity contribution in [2.45, 2.75) is 0 Å². The topological polar surface area (TPSA) is 89.5 Å². The van der Waals surface area contributed by atoms with Gasteiger partial charge in [0.05, 0.1) is 22.7 Å². The van der Waals surface area contributed by atoms with Gasteiger partial charge in [-0.15, -0.1) is 0 Å². The first-order valence-electron chi connectivity index (χ1n) is 5.29. The maximum Gasteiger partial charge on any atom is 0.314 e. The smallest absolute Gasteiger partial charge is 0.314 e. The maximum absolute atomic E-state index is 11.4. The van der Waals surface area contributed by atoms with Gasteiger partial charge < -0.3 is 9.97 Å². The van der Waals surface area contributed by atoms with E-state index in [1.165, 1.54) is 0 Å². The first kappa shape index (κ1) is 10.3. The highest BCUT2D eigenvalue weighted by Crippen LogP contribution is 2.24. The number of nitrogens with zero attached hydrogens (tertiary/aromatic N) is 1. The molecular weight excluding hydrogens is 230 g/mol. The summed E-state index contributed by atoms with van der Waals surface area (Å²) in [7, 11) is 0. The third-order valence-electron chi connectivity index (χ3n) is 2.86. The normalized spacial score (nSPS) is 10.6. The number of H-pyrrole nitrogens is 2. The molecule has 5 nitrogen and oxygen atoms in total. The molecule has 1 aromatic heterocycles. The summed E-state index contributed by atoms with van der Waals surface area (Å²) < 4.78 is 0. The second kappa shape index (κ2) is 3.57. The fourth-order valence-electron chi connectivity index (χ4n) is 2.06. The van der Waals surface area contributed by atoms with Crippen molar-refractivity contribution in [2.75, 3.05) is 0 Å². The van der Waals surface area contributed by atoms with Crippen molar-refractivity contribution in [1.82, 2.24) is 9.97 Å². The van der Waals surface area contributed by atoms with Crippen LogP contribution < -0.4 is 11.1 Å². The van der Waals surface area contributed by atoms with Crippen LogP contribution in [-0.4, -0.2) is 9.97 Å². The van der Waals surface area contributed by atoms with E-state index in [-0.39, 0.29) is 0 Å². The van der Waals surface area contributed by atoms with Gasteiger partial charge in [0.25, 0.3) is 0 Å². The fraction of sp³-hybridized carbons (Fsp3) is 0. The van der Waals surface area contributed by atoms with E-state index >= 15 is 0 Å². The molecule has 0 spiro atoms. The summed E-state index contributed by atoms with van der Waals surface area (Å²) >= 11 is 0. The van der Waals surface area contributed by atoms with E-state index in [0.29, 0.717) is 22.0 Å². The van der Waals surface area contributed by atoms with Crippen LogP contribution in [-0.2, 0) is 0 Å². The molecule has 0 atom stereocenters. The predicted octanol–water partition coefficient (Wildman–Crippen LogP) is 1.24. The van der Waals surface area contributed by atoms with Gasteiger partial charge >= 0.3 is 11.1 Å². The molecule has 0 aliphatic rings. The summed E-state index contributed by atoms with van der Waals surface area (Å²) in [5, 5.41) is 10.6. The molecular formula is C13H7N3O2. The fourth-order valence-corrected chi connectivity index (χ4v) is 2.06. The Morgan fingerprint density at radius 1 is 1.00 bits per heavy atom. The van der Waals surface area contributed by atoms with Crippen LogP contribution in [0.5, 0.6) is 0 Å². The van der Waals surface area contributed by atoms with Crippen LogP contribution in [0, 0.1) is 11.3 Å². The van der Waals surface area contributed by atoms with Gasteiger partial charge in [0.2, 0.25) is 0 Å². The molecule has 18 heavy (non-hydrogen) atoms. The summed E-state index contributed by atoms with van der Waals surface area (Å²) in [5.74, 6) is 0. The second-order valence-corrected chi connectivity index (χ2v) is 3.91. The van der Waals surface area contributed by atoms with E-state index in [2.05, 4.69) is 16.0 Å². The summed E-state index contributed by atoms with van der Waals surface area (Å²) in [5.41, 5.74) is 0.0314. The summed E-state index contributed by atoms with van der Waals surface area (Å²) in [6.07, 6.45) is 0. The summed E-state index contributed by atoms with van der Waals surface area (Å²) in [4.78, 5) is 27.7. The Balaban J connectivity index is 2.69. The minimum atomic E-state index is -0.720. The van der Waals surface area contributed by atoms with Crippen molar-refractivity contribution in [2.24, 2.45) is 0 Å². The van der Waals surface area contributed by atoms with Gasteiger partial charge in [0.15, 0.2) is 0 Å². The van der Waals surface area contributed by atoms with Gasteiger partial charge in [-0.25, -0.2) is 0 Å². The van der Waals surface area contributed by atoms with E-state index in [1.54, 1.807) is 24.3 Å². The summed E-state index contributed by atoms with van der Waals surface area (Å²) in [6, 6.07) is 10.9. The molecule has 2 aromatic carbocycles.